The minimum absolute atomic E-state index is 0.228. The highest BCUT2D eigenvalue weighted by atomic mass is 79.9. The first kappa shape index (κ1) is 17.5. The molecule has 0 heterocycles. The van der Waals surface area contributed by atoms with E-state index in [2.05, 4.69) is 20.1 Å². The van der Waals surface area contributed by atoms with Crippen molar-refractivity contribution in [3.8, 4) is 0 Å². The van der Waals surface area contributed by atoms with E-state index in [1.54, 1.807) is 0 Å². The van der Waals surface area contributed by atoms with Crippen LogP contribution in [0.3, 0.4) is 0 Å². The van der Waals surface area contributed by atoms with Gasteiger partial charge < -0.3 is 0 Å². The Hall–Kier alpha value is -0.600. The molecule has 0 aliphatic heterocycles. The molecule has 1 rings (SSSR count). The van der Waals surface area contributed by atoms with Gasteiger partial charge >= 0.3 is 15.6 Å². The Kier molecular flexibility index (Phi) is 6.03. The van der Waals surface area contributed by atoms with E-state index >= 15 is 0 Å². The second kappa shape index (κ2) is 6.91. The van der Waals surface area contributed by atoms with Gasteiger partial charge in [-0.15, -0.1) is 0 Å². The molecule has 20 heavy (non-hydrogen) atoms. The highest BCUT2D eigenvalue weighted by Crippen LogP contribution is 2.26. The van der Waals surface area contributed by atoms with Crippen molar-refractivity contribution in [3.05, 3.63) is 34.3 Å². The van der Waals surface area contributed by atoms with Crippen LogP contribution in [-0.4, -0.2) is 20.0 Å². The van der Waals surface area contributed by atoms with Crippen molar-refractivity contribution in [2.75, 3.05) is 0 Å². The van der Waals surface area contributed by atoms with Crippen molar-refractivity contribution >= 4 is 26.0 Å². The normalized spacial score (nSPS) is 14.2. The van der Waals surface area contributed by atoms with Gasteiger partial charge in [-0.2, -0.15) is 21.6 Å². The fraction of sp³-hybridized carbons (Fsp3) is 0.500. The molecule has 1 aromatic carbocycles. The quantitative estimate of drug-likeness (QED) is 0.557. The van der Waals surface area contributed by atoms with E-state index in [0.29, 0.717) is 12.8 Å². The molecule has 1 aromatic rings. The number of halogens is 4. The molecule has 1 unspecified atom stereocenters. The number of aryl methyl sites for hydroxylation is 1. The Morgan fingerprint density at radius 1 is 1.25 bits per heavy atom. The molecule has 0 bridgehead atoms. The summed E-state index contributed by atoms with van der Waals surface area (Å²) in [5.41, 5.74) is -4.34. The van der Waals surface area contributed by atoms with Crippen LogP contribution in [0.1, 0.15) is 25.3 Å². The molecule has 0 saturated carbocycles. The second-order valence-corrected chi connectivity index (χ2v) is 6.80. The number of benzene rings is 1. The lowest BCUT2D eigenvalue weighted by molar-refractivity contribution is -0.0570. The zero-order valence-electron chi connectivity index (χ0n) is 10.7. The molecule has 0 aliphatic carbocycles. The molecular weight excluding hydrogens is 361 g/mol. The van der Waals surface area contributed by atoms with Crippen molar-refractivity contribution in [1.82, 2.24) is 0 Å². The average molecular weight is 375 g/mol. The molecule has 0 saturated heterocycles. The predicted molar refractivity (Wildman–Crippen MR) is 72.6 cm³/mol. The van der Waals surface area contributed by atoms with Crippen molar-refractivity contribution in [1.29, 1.82) is 0 Å². The predicted octanol–water partition coefficient (Wildman–Crippen LogP) is 4.03. The van der Waals surface area contributed by atoms with Gasteiger partial charge in [0.15, 0.2) is 0 Å². The summed E-state index contributed by atoms with van der Waals surface area (Å²) in [6.45, 7) is 1.31. The van der Waals surface area contributed by atoms with Crippen molar-refractivity contribution in [2.24, 2.45) is 0 Å². The summed E-state index contributed by atoms with van der Waals surface area (Å²) in [5.74, 6) is 0. The van der Waals surface area contributed by atoms with Gasteiger partial charge in [0.05, 0.1) is 6.10 Å². The van der Waals surface area contributed by atoms with Crippen LogP contribution < -0.4 is 0 Å². The highest BCUT2D eigenvalue weighted by Gasteiger charge is 2.48. The summed E-state index contributed by atoms with van der Waals surface area (Å²) in [6.07, 6.45) is 0.409. The van der Waals surface area contributed by atoms with Gasteiger partial charge in [0.25, 0.3) is 0 Å². The SMILES string of the molecule is CC(CCCc1ccc(Br)cc1)OS(=O)(=O)C(F)(F)F. The standard InChI is InChI=1S/C12H14BrF3O3S/c1-9(19-20(17,18)12(14,15)16)3-2-4-10-5-7-11(13)8-6-10/h5-9H,2-4H2,1H3. The molecule has 0 amide bonds. The van der Waals surface area contributed by atoms with Crippen molar-refractivity contribution in [2.45, 2.75) is 37.8 Å². The van der Waals surface area contributed by atoms with Gasteiger partial charge in [0.2, 0.25) is 0 Å². The Morgan fingerprint density at radius 2 is 1.80 bits per heavy atom. The Morgan fingerprint density at radius 3 is 2.30 bits per heavy atom. The van der Waals surface area contributed by atoms with Gasteiger partial charge in [0.1, 0.15) is 0 Å². The fourth-order valence-corrected chi connectivity index (χ4v) is 2.47. The average Bonchev–Trinajstić information content (AvgIpc) is 2.29. The van der Waals surface area contributed by atoms with Crippen molar-refractivity contribution < 1.29 is 25.8 Å². The van der Waals surface area contributed by atoms with Crippen LogP contribution in [0, 0.1) is 0 Å². The fourth-order valence-electron chi connectivity index (χ4n) is 1.56. The number of rotatable bonds is 6. The largest absolute Gasteiger partial charge is 0.523 e. The zero-order chi connectivity index (χ0) is 15.4. The lowest BCUT2D eigenvalue weighted by Gasteiger charge is -2.14. The Bertz CT molecular complexity index is 526. The molecular formula is C12H14BrF3O3S. The molecule has 8 heteroatoms. The highest BCUT2D eigenvalue weighted by molar-refractivity contribution is 9.10. The van der Waals surface area contributed by atoms with Gasteiger partial charge in [-0.3, -0.25) is 4.18 Å². The summed E-state index contributed by atoms with van der Waals surface area (Å²) in [4.78, 5) is 0. The molecule has 0 radical (unpaired) electrons. The van der Waals surface area contributed by atoms with Crippen LogP contribution in [-0.2, 0) is 20.7 Å². The number of hydrogen-bond donors (Lipinski definition) is 0. The summed E-state index contributed by atoms with van der Waals surface area (Å²) in [7, 11) is -5.50. The van der Waals surface area contributed by atoms with Crippen LogP contribution in [0.5, 0.6) is 0 Å². The first-order chi connectivity index (χ1) is 9.12. The topological polar surface area (TPSA) is 43.4 Å². The minimum Gasteiger partial charge on any atom is -0.260 e. The Labute approximate surface area is 124 Å². The third-order valence-electron chi connectivity index (χ3n) is 2.56. The van der Waals surface area contributed by atoms with Gasteiger partial charge in [-0.05, 0) is 43.9 Å². The molecule has 0 spiro atoms. The summed E-state index contributed by atoms with van der Waals surface area (Å²) in [5, 5.41) is 0. The molecule has 0 fully saturated rings. The summed E-state index contributed by atoms with van der Waals surface area (Å²) >= 11 is 3.30. The lowest BCUT2D eigenvalue weighted by atomic mass is 10.1. The Balaban J connectivity index is 2.41. The van der Waals surface area contributed by atoms with E-state index in [9.17, 15) is 21.6 Å². The molecule has 0 aliphatic rings. The van der Waals surface area contributed by atoms with E-state index in [1.807, 2.05) is 24.3 Å². The van der Waals surface area contributed by atoms with Crippen LogP contribution in [0.15, 0.2) is 28.7 Å². The minimum atomic E-state index is -5.50. The number of hydrogen-bond acceptors (Lipinski definition) is 3. The number of alkyl halides is 3. The van der Waals surface area contributed by atoms with E-state index in [0.717, 1.165) is 10.0 Å². The molecule has 0 aromatic heterocycles. The smallest absolute Gasteiger partial charge is 0.260 e. The van der Waals surface area contributed by atoms with E-state index in [-0.39, 0.29) is 6.42 Å². The maximum absolute atomic E-state index is 12.1. The molecule has 1 atom stereocenters. The molecule has 0 N–H and O–H groups in total. The lowest BCUT2D eigenvalue weighted by Crippen LogP contribution is -2.29. The first-order valence-corrected chi connectivity index (χ1v) is 8.06. The zero-order valence-corrected chi connectivity index (χ0v) is 13.1. The van der Waals surface area contributed by atoms with E-state index < -0.39 is 21.7 Å². The van der Waals surface area contributed by atoms with E-state index in [4.69, 9.17) is 0 Å². The van der Waals surface area contributed by atoms with Crippen LogP contribution in [0.25, 0.3) is 0 Å². The monoisotopic (exact) mass is 374 g/mol. The van der Waals surface area contributed by atoms with Gasteiger partial charge in [0, 0.05) is 4.47 Å². The molecule has 3 nitrogen and oxygen atoms in total. The maximum Gasteiger partial charge on any atom is 0.523 e. The van der Waals surface area contributed by atoms with E-state index in [1.165, 1.54) is 6.92 Å². The third kappa shape index (κ3) is 5.41. The maximum atomic E-state index is 12.1. The van der Waals surface area contributed by atoms with Gasteiger partial charge in [-0.25, -0.2) is 0 Å². The van der Waals surface area contributed by atoms with Crippen molar-refractivity contribution in [3.63, 3.8) is 0 Å². The first-order valence-electron chi connectivity index (χ1n) is 5.86. The summed E-state index contributed by atoms with van der Waals surface area (Å²) in [6, 6.07) is 7.51. The molecule has 114 valence electrons. The van der Waals surface area contributed by atoms with Gasteiger partial charge in [-0.1, -0.05) is 28.1 Å². The van der Waals surface area contributed by atoms with Crippen LogP contribution in [0.2, 0.25) is 0 Å². The second-order valence-electron chi connectivity index (χ2n) is 4.33. The van der Waals surface area contributed by atoms with Crippen LogP contribution in [0.4, 0.5) is 13.2 Å². The third-order valence-corrected chi connectivity index (χ3v) is 4.24. The summed E-state index contributed by atoms with van der Waals surface area (Å²) < 4.78 is 62.9. The van der Waals surface area contributed by atoms with Crippen LogP contribution >= 0.6 is 15.9 Å².